The number of nitriles is 1. The molecule has 2 rings (SSSR count). The fraction of sp³-hybridized carbons (Fsp3) is 0.188. The van der Waals surface area contributed by atoms with Crippen LogP contribution in [0.1, 0.15) is 11.1 Å². The van der Waals surface area contributed by atoms with Gasteiger partial charge in [0.05, 0.1) is 18.1 Å². The van der Waals surface area contributed by atoms with Crippen LogP contribution in [0.25, 0.3) is 11.1 Å². The molecule has 0 saturated carbocycles. The number of halogens is 6. The van der Waals surface area contributed by atoms with Gasteiger partial charge in [-0.25, -0.2) is 0 Å². The lowest BCUT2D eigenvalue weighted by Gasteiger charge is -2.16. The quantitative estimate of drug-likeness (QED) is 0.704. The van der Waals surface area contributed by atoms with Gasteiger partial charge < -0.3 is 4.74 Å². The molecule has 2 nitrogen and oxygen atoms in total. The number of nitrogens with zero attached hydrogens (tertiary/aromatic N) is 1. The lowest BCUT2D eigenvalue weighted by atomic mass is 9.95. The van der Waals surface area contributed by atoms with E-state index in [2.05, 4.69) is 4.74 Å². The number of hydrogen-bond donors (Lipinski definition) is 0. The Hall–Kier alpha value is -2.69. The molecule has 0 aliphatic heterocycles. The normalized spacial score (nSPS) is 11.9. The SMILES string of the molecule is N#CCc1ccc(C(F)(F)F)cc1-c1ccccc1OC(F)(F)F. The molecule has 0 aliphatic carbocycles. The molecule has 0 saturated heterocycles. The Morgan fingerprint density at radius 3 is 2.17 bits per heavy atom. The third kappa shape index (κ3) is 4.19. The third-order valence-corrected chi connectivity index (χ3v) is 3.11. The fourth-order valence-electron chi connectivity index (χ4n) is 2.15. The Labute approximate surface area is 132 Å². The van der Waals surface area contributed by atoms with E-state index < -0.39 is 23.9 Å². The van der Waals surface area contributed by atoms with E-state index in [1.165, 1.54) is 18.2 Å². The number of ether oxygens (including phenoxy) is 1. The molecule has 2 aromatic rings. The van der Waals surface area contributed by atoms with Gasteiger partial charge in [0.2, 0.25) is 0 Å². The minimum atomic E-state index is -4.99. The molecule has 0 unspecified atom stereocenters. The average molecular weight is 345 g/mol. The van der Waals surface area contributed by atoms with Crippen LogP contribution in [0.4, 0.5) is 26.3 Å². The van der Waals surface area contributed by atoms with Crippen LogP contribution in [-0.4, -0.2) is 6.36 Å². The lowest BCUT2D eigenvalue weighted by Crippen LogP contribution is -2.17. The van der Waals surface area contributed by atoms with Crippen LogP contribution >= 0.6 is 0 Å². The summed E-state index contributed by atoms with van der Waals surface area (Å²) in [6.07, 6.45) is -9.92. The number of alkyl halides is 6. The largest absolute Gasteiger partial charge is 0.573 e. The highest BCUT2D eigenvalue weighted by atomic mass is 19.4. The maximum atomic E-state index is 12.9. The molecular formula is C16H9F6NO. The van der Waals surface area contributed by atoms with Crippen LogP contribution in [0.2, 0.25) is 0 Å². The van der Waals surface area contributed by atoms with Crippen molar-refractivity contribution in [1.82, 2.24) is 0 Å². The molecule has 0 aliphatic rings. The first-order valence-corrected chi connectivity index (χ1v) is 6.54. The molecule has 24 heavy (non-hydrogen) atoms. The van der Waals surface area contributed by atoms with Gasteiger partial charge in [0.15, 0.2) is 0 Å². The summed E-state index contributed by atoms with van der Waals surface area (Å²) in [6, 6.07) is 9.19. The van der Waals surface area contributed by atoms with Gasteiger partial charge in [-0.2, -0.15) is 18.4 Å². The average Bonchev–Trinajstić information content (AvgIpc) is 2.46. The molecule has 0 bridgehead atoms. The van der Waals surface area contributed by atoms with Crippen LogP contribution in [0.15, 0.2) is 42.5 Å². The van der Waals surface area contributed by atoms with Crippen molar-refractivity contribution < 1.29 is 31.1 Å². The monoisotopic (exact) mass is 345 g/mol. The van der Waals surface area contributed by atoms with Gasteiger partial charge in [0.1, 0.15) is 5.75 Å². The molecule has 0 radical (unpaired) electrons. The standard InChI is InChI=1S/C16H9F6NO/c17-15(18,19)11-6-5-10(7-8-23)13(9-11)12-3-1-2-4-14(12)24-16(20,21)22/h1-6,9H,7H2. The van der Waals surface area contributed by atoms with Crippen molar-refractivity contribution in [3.63, 3.8) is 0 Å². The first kappa shape index (κ1) is 17.7. The summed E-state index contributed by atoms with van der Waals surface area (Å²) in [5.41, 5.74) is -1.16. The molecule has 0 spiro atoms. The second kappa shape index (κ2) is 6.43. The molecule has 0 N–H and O–H groups in total. The van der Waals surface area contributed by atoms with Crippen molar-refractivity contribution in [3.8, 4) is 22.9 Å². The second-order valence-corrected chi connectivity index (χ2v) is 4.75. The number of para-hydroxylation sites is 1. The summed E-state index contributed by atoms with van der Waals surface area (Å²) < 4.78 is 80.1. The minimum Gasteiger partial charge on any atom is -0.405 e. The zero-order valence-electron chi connectivity index (χ0n) is 11.9. The van der Waals surface area contributed by atoms with Gasteiger partial charge in [0.25, 0.3) is 0 Å². The maximum Gasteiger partial charge on any atom is 0.573 e. The van der Waals surface area contributed by atoms with Gasteiger partial charge in [-0.3, -0.25) is 0 Å². The van der Waals surface area contributed by atoms with E-state index in [1.807, 2.05) is 0 Å². The van der Waals surface area contributed by atoms with E-state index >= 15 is 0 Å². The molecule has 0 amide bonds. The summed E-state index contributed by atoms with van der Waals surface area (Å²) in [5.74, 6) is -0.636. The van der Waals surface area contributed by atoms with Gasteiger partial charge >= 0.3 is 12.5 Å². The Morgan fingerprint density at radius 2 is 1.58 bits per heavy atom. The van der Waals surface area contributed by atoms with E-state index in [0.717, 1.165) is 18.2 Å². The smallest absolute Gasteiger partial charge is 0.405 e. The van der Waals surface area contributed by atoms with Gasteiger partial charge in [0, 0.05) is 5.56 Å². The Morgan fingerprint density at radius 1 is 0.917 bits per heavy atom. The minimum absolute atomic E-state index is 0.133. The zero-order valence-corrected chi connectivity index (χ0v) is 11.9. The van der Waals surface area contributed by atoms with Crippen LogP contribution in [0.3, 0.4) is 0 Å². The topological polar surface area (TPSA) is 33.0 Å². The van der Waals surface area contributed by atoms with E-state index in [4.69, 9.17) is 5.26 Å². The number of rotatable bonds is 3. The third-order valence-electron chi connectivity index (χ3n) is 3.11. The highest BCUT2D eigenvalue weighted by Gasteiger charge is 2.34. The Balaban J connectivity index is 2.64. The van der Waals surface area contributed by atoms with Crippen LogP contribution in [-0.2, 0) is 12.6 Å². The van der Waals surface area contributed by atoms with E-state index in [0.29, 0.717) is 6.07 Å². The molecule has 0 atom stereocenters. The highest BCUT2D eigenvalue weighted by molar-refractivity contribution is 5.74. The van der Waals surface area contributed by atoms with E-state index in [1.54, 1.807) is 6.07 Å². The van der Waals surface area contributed by atoms with Crippen molar-refractivity contribution >= 4 is 0 Å². The molecule has 0 heterocycles. The van der Waals surface area contributed by atoms with Crippen molar-refractivity contribution in [3.05, 3.63) is 53.6 Å². The molecule has 0 fully saturated rings. The van der Waals surface area contributed by atoms with Crippen LogP contribution < -0.4 is 4.74 Å². The van der Waals surface area contributed by atoms with Crippen molar-refractivity contribution in [2.24, 2.45) is 0 Å². The molecule has 8 heteroatoms. The first-order chi connectivity index (χ1) is 11.1. The summed E-state index contributed by atoms with van der Waals surface area (Å²) in [6.45, 7) is 0. The molecule has 0 aromatic heterocycles. The van der Waals surface area contributed by atoms with Gasteiger partial charge in [-0.05, 0) is 29.3 Å². The number of benzene rings is 2. The highest BCUT2D eigenvalue weighted by Crippen LogP contribution is 2.39. The predicted octanol–water partition coefficient (Wildman–Crippen LogP) is 5.34. The maximum absolute atomic E-state index is 12.9. The summed E-state index contributed by atoms with van der Waals surface area (Å²) in [7, 11) is 0. The van der Waals surface area contributed by atoms with Crippen molar-refractivity contribution in [1.29, 1.82) is 5.26 Å². The van der Waals surface area contributed by atoms with Crippen molar-refractivity contribution in [2.75, 3.05) is 0 Å². The Kier molecular flexibility index (Phi) is 4.73. The molecule has 126 valence electrons. The summed E-state index contributed by atoms with van der Waals surface area (Å²) >= 11 is 0. The first-order valence-electron chi connectivity index (χ1n) is 6.54. The zero-order chi connectivity index (χ0) is 18.0. The lowest BCUT2D eigenvalue weighted by molar-refractivity contribution is -0.274. The molecular weight excluding hydrogens is 336 g/mol. The van der Waals surface area contributed by atoms with Crippen LogP contribution in [0.5, 0.6) is 5.75 Å². The fourth-order valence-corrected chi connectivity index (χ4v) is 2.15. The van der Waals surface area contributed by atoms with E-state index in [-0.39, 0.29) is 23.1 Å². The van der Waals surface area contributed by atoms with Gasteiger partial charge in [-0.15, -0.1) is 13.2 Å². The second-order valence-electron chi connectivity index (χ2n) is 4.75. The predicted molar refractivity (Wildman–Crippen MR) is 72.9 cm³/mol. The summed E-state index contributed by atoms with van der Waals surface area (Å²) in [4.78, 5) is 0. The van der Waals surface area contributed by atoms with E-state index in [9.17, 15) is 26.3 Å². The van der Waals surface area contributed by atoms with Gasteiger partial charge in [-0.1, -0.05) is 24.3 Å². The van der Waals surface area contributed by atoms with Crippen LogP contribution in [0, 0.1) is 11.3 Å². The van der Waals surface area contributed by atoms with Crippen molar-refractivity contribution in [2.45, 2.75) is 19.0 Å². The Bertz CT molecular complexity index is 773. The summed E-state index contributed by atoms with van der Waals surface area (Å²) in [5, 5.41) is 8.79. The molecule has 2 aromatic carbocycles. The number of hydrogen-bond acceptors (Lipinski definition) is 2.